The molecule has 0 radical (unpaired) electrons. The summed E-state index contributed by atoms with van der Waals surface area (Å²) in [4.78, 5) is -2.15. The molecule has 2 aromatic rings. The van der Waals surface area contributed by atoms with Crippen molar-refractivity contribution in [2.24, 2.45) is 0 Å². The zero-order valence-corrected chi connectivity index (χ0v) is 11.6. The van der Waals surface area contributed by atoms with Gasteiger partial charge in [-0.3, -0.25) is 0 Å². The van der Waals surface area contributed by atoms with Gasteiger partial charge in [0.05, 0.1) is 9.79 Å². The predicted octanol–water partition coefficient (Wildman–Crippen LogP) is 5.60. The maximum absolute atomic E-state index is 13.4. The van der Waals surface area contributed by atoms with Crippen LogP contribution >= 0.6 is 21.6 Å². The van der Waals surface area contributed by atoms with E-state index < -0.39 is 56.3 Å². The highest BCUT2D eigenvalue weighted by Gasteiger charge is 2.23. The summed E-state index contributed by atoms with van der Waals surface area (Å²) >= 11 is 0. The van der Waals surface area contributed by atoms with E-state index in [4.69, 9.17) is 0 Å². The topological polar surface area (TPSA) is 0 Å². The Kier molecular flexibility index (Phi) is 4.90. The van der Waals surface area contributed by atoms with Gasteiger partial charge >= 0.3 is 0 Å². The minimum absolute atomic E-state index is 0.0166. The molecule has 0 aliphatic carbocycles. The second kappa shape index (κ2) is 6.37. The number of hydrogen-bond acceptors (Lipinski definition) is 2. The molecule has 2 aromatic carbocycles. The van der Waals surface area contributed by atoms with Crippen LogP contribution in [0.15, 0.2) is 21.9 Å². The summed E-state index contributed by atoms with van der Waals surface area (Å²) in [6.45, 7) is 0. The predicted molar refractivity (Wildman–Crippen MR) is 64.3 cm³/mol. The highest BCUT2D eigenvalue weighted by Crippen LogP contribution is 2.43. The summed E-state index contributed by atoms with van der Waals surface area (Å²) < 4.78 is 105. The van der Waals surface area contributed by atoms with Gasteiger partial charge in [0.15, 0.2) is 34.9 Å². The van der Waals surface area contributed by atoms with Crippen LogP contribution in [0.3, 0.4) is 0 Å². The summed E-state index contributed by atoms with van der Waals surface area (Å²) in [5.74, 6) is -14.4. The highest BCUT2D eigenvalue weighted by atomic mass is 33.1. The lowest BCUT2D eigenvalue weighted by Gasteiger charge is -2.08. The van der Waals surface area contributed by atoms with Crippen LogP contribution in [0.4, 0.5) is 35.1 Å². The molecule has 0 nitrogen and oxygen atoms in total. The molecule has 0 amide bonds. The second-order valence-corrected chi connectivity index (χ2v) is 5.91. The van der Waals surface area contributed by atoms with Gasteiger partial charge in [0, 0.05) is 12.1 Å². The standard InChI is InChI=1S/C12H2F8S2/c13-3-1-5(15)11(9(19)7(3)17)21-22-12-6(16)2-4(14)8(18)10(12)20/h1-2H. The molecule has 0 bridgehead atoms. The first kappa shape index (κ1) is 16.9. The lowest BCUT2D eigenvalue weighted by molar-refractivity contribution is 0.415. The first-order valence-corrected chi connectivity index (χ1v) is 7.39. The summed E-state index contributed by atoms with van der Waals surface area (Å²) in [6, 6.07) is 0.0819. The third-order valence-corrected chi connectivity index (χ3v) is 4.77. The average Bonchev–Trinajstić information content (AvgIpc) is 2.45. The van der Waals surface area contributed by atoms with E-state index in [9.17, 15) is 35.1 Å². The lowest BCUT2D eigenvalue weighted by atomic mass is 10.3. The van der Waals surface area contributed by atoms with Crippen molar-refractivity contribution in [3.05, 3.63) is 58.7 Å². The Morgan fingerprint density at radius 1 is 0.455 bits per heavy atom. The van der Waals surface area contributed by atoms with Gasteiger partial charge in [0.1, 0.15) is 11.6 Å². The normalized spacial score (nSPS) is 11.1. The molecule has 0 saturated heterocycles. The van der Waals surface area contributed by atoms with E-state index in [1.54, 1.807) is 0 Å². The molecule has 2 rings (SSSR count). The summed E-state index contributed by atoms with van der Waals surface area (Å²) in [5.41, 5.74) is 0. The first-order valence-electron chi connectivity index (χ1n) is 5.24. The molecule has 0 unspecified atom stereocenters. The zero-order valence-electron chi connectivity index (χ0n) is 9.99. The van der Waals surface area contributed by atoms with Crippen LogP contribution in [0, 0.1) is 46.5 Å². The fraction of sp³-hybridized carbons (Fsp3) is 0. The van der Waals surface area contributed by atoms with Crippen molar-refractivity contribution in [1.29, 1.82) is 0 Å². The monoisotopic (exact) mass is 362 g/mol. The SMILES string of the molecule is Fc1cc(F)c(SSc2c(F)cc(F)c(F)c2F)c(F)c1F. The third kappa shape index (κ3) is 3.02. The van der Waals surface area contributed by atoms with Crippen molar-refractivity contribution in [1.82, 2.24) is 0 Å². The molecular formula is C12H2F8S2. The molecule has 0 N–H and O–H groups in total. The molecule has 0 atom stereocenters. The van der Waals surface area contributed by atoms with Crippen molar-refractivity contribution in [3.8, 4) is 0 Å². The summed E-state index contributed by atoms with van der Waals surface area (Å²) in [6.07, 6.45) is 0. The van der Waals surface area contributed by atoms with E-state index in [2.05, 4.69) is 0 Å². The first-order chi connectivity index (χ1) is 10.2. The Bertz CT molecular complexity index is 683. The van der Waals surface area contributed by atoms with Crippen LogP contribution in [-0.4, -0.2) is 0 Å². The molecular weight excluding hydrogens is 360 g/mol. The maximum atomic E-state index is 13.4. The van der Waals surface area contributed by atoms with Crippen molar-refractivity contribution >= 4 is 21.6 Å². The highest BCUT2D eigenvalue weighted by molar-refractivity contribution is 8.76. The lowest BCUT2D eigenvalue weighted by Crippen LogP contribution is -1.98. The van der Waals surface area contributed by atoms with Gasteiger partial charge in [0.25, 0.3) is 0 Å². The number of hydrogen-bond donors (Lipinski definition) is 0. The summed E-state index contributed by atoms with van der Waals surface area (Å²) in [7, 11) is -0.0332. The van der Waals surface area contributed by atoms with E-state index >= 15 is 0 Å². The molecule has 22 heavy (non-hydrogen) atoms. The Hall–Kier alpha value is -1.42. The number of halogens is 8. The quantitative estimate of drug-likeness (QED) is 0.302. The smallest absolute Gasteiger partial charge is 0.195 e. The third-order valence-electron chi connectivity index (χ3n) is 2.35. The molecule has 0 aliphatic rings. The Labute approximate surface area is 125 Å². The molecule has 0 saturated carbocycles. The van der Waals surface area contributed by atoms with E-state index in [-0.39, 0.29) is 33.7 Å². The average molecular weight is 362 g/mol. The second-order valence-electron chi connectivity index (χ2n) is 3.76. The Morgan fingerprint density at radius 3 is 1.09 bits per heavy atom. The van der Waals surface area contributed by atoms with Gasteiger partial charge in [-0.25, -0.2) is 35.1 Å². The van der Waals surface area contributed by atoms with Gasteiger partial charge in [-0.1, -0.05) is 0 Å². The zero-order chi connectivity index (χ0) is 16.6. The van der Waals surface area contributed by atoms with Gasteiger partial charge in [-0.2, -0.15) is 0 Å². The molecule has 10 heteroatoms. The molecule has 0 fully saturated rings. The maximum Gasteiger partial charge on any atom is 0.195 e. The van der Waals surface area contributed by atoms with E-state index in [1.807, 2.05) is 0 Å². The Balaban J connectivity index is 2.36. The number of benzene rings is 2. The minimum Gasteiger partial charge on any atom is -0.206 e. The Morgan fingerprint density at radius 2 is 0.773 bits per heavy atom. The van der Waals surface area contributed by atoms with Crippen LogP contribution < -0.4 is 0 Å². The molecule has 118 valence electrons. The molecule has 0 spiro atoms. The summed E-state index contributed by atoms with van der Waals surface area (Å²) in [5, 5.41) is 0. The largest absolute Gasteiger partial charge is 0.206 e. The number of rotatable bonds is 3. The van der Waals surface area contributed by atoms with Crippen molar-refractivity contribution in [2.75, 3.05) is 0 Å². The van der Waals surface area contributed by atoms with Crippen LogP contribution in [0.2, 0.25) is 0 Å². The van der Waals surface area contributed by atoms with Gasteiger partial charge in [0.2, 0.25) is 0 Å². The van der Waals surface area contributed by atoms with Crippen LogP contribution in [0.1, 0.15) is 0 Å². The van der Waals surface area contributed by atoms with Crippen LogP contribution in [-0.2, 0) is 0 Å². The fourth-order valence-electron chi connectivity index (χ4n) is 1.34. The van der Waals surface area contributed by atoms with Crippen molar-refractivity contribution < 1.29 is 35.1 Å². The van der Waals surface area contributed by atoms with Gasteiger partial charge in [-0.15, -0.1) is 0 Å². The van der Waals surface area contributed by atoms with Crippen molar-refractivity contribution in [2.45, 2.75) is 9.79 Å². The molecule has 0 aromatic heterocycles. The van der Waals surface area contributed by atoms with E-state index in [0.29, 0.717) is 0 Å². The van der Waals surface area contributed by atoms with E-state index in [0.717, 1.165) is 0 Å². The van der Waals surface area contributed by atoms with Crippen LogP contribution in [0.5, 0.6) is 0 Å². The fourth-order valence-corrected chi connectivity index (χ4v) is 3.52. The van der Waals surface area contributed by atoms with Crippen LogP contribution in [0.25, 0.3) is 0 Å². The minimum atomic E-state index is -1.98. The molecule has 0 heterocycles. The molecule has 0 aliphatic heterocycles. The van der Waals surface area contributed by atoms with Gasteiger partial charge < -0.3 is 0 Å². The van der Waals surface area contributed by atoms with Crippen molar-refractivity contribution in [3.63, 3.8) is 0 Å². The van der Waals surface area contributed by atoms with E-state index in [1.165, 1.54) is 0 Å². The van der Waals surface area contributed by atoms with Gasteiger partial charge in [-0.05, 0) is 21.6 Å².